The van der Waals surface area contributed by atoms with Crippen molar-refractivity contribution in [3.05, 3.63) is 78.6 Å². The second-order valence-electron chi connectivity index (χ2n) is 4.81. The first kappa shape index (κ1) is 14.9. The van der Waals surface area contributed by atoms with Crippen LogP contribution in [0.4, 0.5) is 5.69 Å². The highest BCUT2D eigenvalue weighted by molar-refractivity contribution is 8.03. The normalized spacial score (nSPS) is 10.0. The van der Waals surface area contributed by atoms with Crippen LogP contribution in [-0.4, -0.2) is 10.5 Å². The molecule has 0 saturated carbocycles. The SMILES string of the molecule is N#CSc1ccc(NC(=O)c2ccc(-n3cccc3)cc2)cc1. The van der Waals surface area contributed by atoms with Crippen molar-refractivity contribution in [2.45, 2.75) is 4.90 Å². The Morgan fingerprint density at radius 1 is 1.00 bits per heavy atom. The number of benzene rings is 2. The first-order valence-corrected chi connectivity index (χ1v) is 7.79. The molecule has 23 heavy (non-hydrogen) atoms. The van der Waals surface area contributed by atoms with Crippen molar-refractivity contribution in [3.8, 4) is 11.1 Å². The number of aromatic nitrogens is 1. The lowest BCUT2D eigenvalue weighted by atomic mass is 10.2. The summed E-state index contributed by atoms with van der Waals surface area (Å²) in [5, 5.41) is 13.5. The van der Waals surface area contributed by atoms with Crippen molar-refractivity contribution in [1.29, 1.82) is 5.26 Å². The topological polar surface area (TPSA) is 57.8 Å². The van der Waals surface area contributed by atoms with Gasteiger partial charge < -0.3 is 9.88 Å². The molecule has 1 aromatic heterocycles. The molecule has 1 heterocycles. The molecule has 0 unspecified atom stereocenters. The lowest BCUT2D eigenvalue weighted by Gasteiger charge is -2.07. The molecule has 2 aromatic carbocycles. The highest BCUT2D eigenvalue weighted by Gasteiger charge is 2.06. The van der Waals surface area contributed by atoms with Crippen molar-refractivity contribution in [1.82, 2.24) is 4.57 Å². The maximum Gasteiger partial charge on any atom is 0.255 e. The average Bonchev–Trinajstić information content (AvgIpc) is 3.11. The third kappa shape index (κ3) is 3.62. The highest BCUT2D eigenvalue weighted by atomic mass is 32.2. The van der Waals surface area contributed by atoms with Crippen molar-refractivity contribution < 1.29 is 4.79 Å². The fourth-order valence-corrected chi connectivity index (χ4v) is 2.53. The maximum absolute atomic E-state index is 12.2. The number of rotatable bonds is 4. The first-order chi connectivity index (χ1) is 11.3. The lowest BCUT2D eigenvalue weighted by molar-refractivity contribution is 0.102. The second kappa shape index (κ2) is 6.86. The minimum absolute atomic E-state index is 0.162. The average molecular weight is 319 g/mol. The Morgan fingerprint density at radius 2 is 1.65 bits per heavy atom. The molecule has 112 valence electrons. The van der Waals surface area contributed by atoms with Crippen LogP contribution in [0.15, 0.2) is 78.0 Å². The highest BCUT2D eigenvalue weighted by Crippen LogP contribution is 2.19. The van der Waals surface area contributed by atoms with Crippen molar-refractivity contribution in [2.75, 3.05) is 5.32 Å². The Kier molecular flexibility index (Phi) is 4.46. The van der Waals surface area contributed by atoms with E-state index in [0.717, 1.165) is 22.3 Å². The summed E-state index contributed by atoms with van der Waals surface area (Å²) >= 11 is 1.09. The van der Waals surface area contributed by atoms with Gasteiger partial charge in [0.05, 0.1) is 0 Å². The van der Waals surface area contributed by atoms with Gasteiger partial charge >= 0.3 is 0 Å². The van der Waals surface area contributed by atoms with Crippen LogP contribution in [0.2, 0.25) is 0 Å². The first-order valence-electron chi connectivity index (χ1n) is 6.97. The Morgan fingerprint density at radius 3 is 2.26 bits per heavy atom. The summed E-state index contributed by atoms with van der Waals surface area (Å²) in [5.41, 5.74) is 2.30. The van der Waals surface area contributed by atoms with Crippen molar-refractivity contribution >= 4 is 23.4 Å². The van der Waals surface area contributed by atoms with E-state index in [-0.39, 0.29) is 5.91 Å². The molecular formula is C18H13N3OS. The summed E-state index contributed by atoms with van der Waals surface area (Å²) in [6.45, 7) is 0. The van der Waals surface area contributed by atoms with Gasteiger partial charge in [0.15, 0.2) is 0 Å². The van der Waals surface area contributed by atoms with Gasteiger partial charge in [-0.2, -0.15) is 5.26 Å². The van der Waals surface area contributed by atoms with Crippen molar-refractivity contribution in [3.63, 3.8) is 0 Å². The van der Waals surface area contributed by atoms with Crippen LogP contribution in [-0.2, 0) is 0 Å². The number of nitrogens with one attached hydrogen (secondary N) is 1. The van der Waals surface area contributed by atoms with Crippen LogP contribution >= 0.6 is 11.8 Å². The second-order valence-corrected chi connectivity index (χ2v) is 5.67. The number of hydrogen-bond acceptors (Lipinski definition) is 3. The number of nitriles is 1. The molecule has 0 radical (unpaired) electrons. The molecule has 1 N–H and O–H groups in total. The fraction of sp³-hybridized carbons (Fsp3) is 0. The van der Waals surface area contributed by atoms with Gasteiger partial charge in [0.2, 0.25) is 0 Å². The fourth-order valence-electron chi connectivity index (χ4n) is 2.15. The summed E-state index contributed by atoms with van der Waals surface area (Å²) in [4.78, 5) is 13.1. The standard InChI is InChI=1S/C18H13N3OS/c19-13-23-17-9-5-15(6-10-17)20-18(22)14-3-7-16(8-4-14)21-11-1-2-12-21/h1-12H,(H,20,22). The molecule has 3 rings (SSSR count). The molecule has 0 aliphatic heterocycles. The Hall–Kier alpha value is -2.97. The number of thiocyanates is 1. The van der Waals surface area contributed by atoms with Gasteiger partial charge in [-0.3, -0.25) is 4.79 Å². The van der Waals surface area contributed by atoms with Crippen LogP contribution in [0.1, 0.15) is 10.4 Å². The summed E-state index contributed by atoms with van der Waals surface area (Å²) in [7, 11) is 0. The largest absolute Gasteiger partial charge is 0.324 e. The number of amides is 1. The maximum atomic E-state index is 12.2. The Bertz CT molecular complexity index is 831. The lowest BCUT2D eigenvalue weighted by Crippen LogP contribution is -2.11. The molecule has 4 nitrogen and oxygen atoms in total. The van der Waals surface area contributed by atoms with E-state index in [4.69, 9.17) is 5.26 Å². The molecule has 0 aliphatic carbocycles. The minimum atomic E-state index is -0.162. The number of hydrogen-bond donors (Lipinski definition) is 1. The van der Waals surface area contributed by atoms with Crippen LogP contribution in [0.3, 0.4) is 0 Å². The van der Waals surface area contributed by atoms with Crippen LogP contribution in [0, 0.1) is 10.7 Å². The van der Waals surface area contributed by atoms with Gasteiger partial charge in [0.25, 0.3) is 5.91 Å². The van der Waals surface area contributed by atoms with E-state index in [1.54, 1.807) is 36.4 Å². The van der Waals surface area contributed by atoms with E-state index in [2.05, 4.69) is 5.32 Å². The Labute approximate surface area is 138 Å². The van der Waals surface area contributed by atoms with E-state index < -0.39 is 0 Å². The van der Waals surface area contributed by atoms with Crippen LogP contribution < -0.4 is 5.32 Å². The molecule has 0 aliphatic rings. The van der Waals surface area contributed by atoms with Gasteiger partial charge in [0.1, 0.15) is 5.40 Å². The zero-order chi connectivity index (χ0) is 16.1. The Balaban J connectivity index is 1.69. The predicted molar refractivity (Wildman–Crippen MR) is 91.6 cm³/mol. The van der Waals surface area contributed by atoms with E-state index in [1.807, 2.05) is 46.6 Å². The molecule has 0 saturated heterocycles. The van der Waals surface area contributed by atoms with Gasteiger partial charge in [-0.15, -0.1) is 0 Å². The third-order valence-electron chi connectivity index (χ3n) is 3.31. The predicted octanol–water partition coefficient (Wildman–Crippen LogP) is 4.30. The number of thioether (sulfide) groups is 1. The van der Waals surface area contributed by atoms with Crippen LogP contribution in [0.5, 0.6) is 0 Å². The molecule has 1 amide bonds. The zero-order valence-corrected chi connectivity index (χ0v) is 13.0. The number of carbonyl (C=O) groups excluding carboxylic acids is 1. The number of carbonyl (C=O) groups is 1. The molecule has 3 aromatic rings. The van der Waals surface area contributed by atoms with E-state index in [1.165, 1.54) is 0 Å². The molecular weight excluding hydrogens is 306 g/mol. The molecule has 0 bridgehead atoms. The number of anilines is 1. The third-order valence-corrected chi connectivity index (χ3v) is 3.91. The molecule has 0 atom stereocenters. The summed E-state index contributed by atoms with van der Waals surface area (Å²) in [6.07, 6.45) is 3.91. The van der Waals surface area contributed by atoms with E-state index >= 15 is 0 Å². The zero-order valence-electron chi connectivity index (χ0n) is 12.1. The molecule has 5 heteroatoms. The monoisotopic (exact) mass is 319 g/mol. The van der Waals surface area contributed by atoms with E-state index in [0.29, 0.717) is 11.3 Å². The molecule has 0 fully saturated rings. The minimum Gasteiger partial charge on any atom is -0.324 e. The number of nitrogens with zero attached hydrogens (tertiary/aromatic N) is 2. The van der Waals surface area contributed by atoms with Crippen molar-refractivity contribution in [2.24, 2.45) is 0 Å². The summed E-state index contributed by atoms with van der Waals surface area (Å²) in [5.74, 6) is -0.162. The van der Waals surface area contributed by atoms with Gasteiger partial charge in [-0.05, 0) is 72.4 Å². The van der Waals surface area contributed by atoms with Gasteiger partial charge in [0, 0.05) is 34.2 Å². The van der Waals surface area contributed by atoms with E-state index in [9.17, 15) is 4.79 Å². The molecule has 0 spiro atoms. The summed E-state index contributed by atoms with van der Waals surface area (Å²) in [6, 6.07) is 18.5. The smallest absolute Gasteiger partial charge is 0.255 e. The quantitative estimate of drug-likeness (QED) is 0.576. The van der Waals surface area contributed by atoms with Gasteiger partial charge in [-0.25, -0.2) is 0 Å². The summed E-state index contributed by atoms with van der Waals surface area (Å²) < 4.78 is 1.98. The van der Waals surface area contributed by atoms with Crippen LogP contribution in [0.25, 0.3) is 5.69 Å². The van der Waals surface area contributed by atoms with Gasteiger partial charge in [-0.1, -0.05) is 0 Å².